The van der Waals surface area contributed by atoms with Crippen molar-refractivity contribution < 1.29 is 23.6 Å². The van der Waals surface area contributed by atoms with Crippen LogP contribution in [0.3, 0.4) is 0 Å². The Bertz CT molecular complexity index is 399. The van der Waals surface area contributed by atoms with Gasteiger partial charge in [-0.15, -0.1) is 0 Å². The number of carbonyl (C=O) groups is 2. The van der Waals surface area contributed by atoms with Gasteiger partial charge in [-0.2, -0.15) is 0 Å². The maximum absolute atomic E-state index is 12.9. The van der Waals surface area contributed by atoms with E-state index in [1.807, 2.05) is 0 Å². The molecular formula is C22H44FO4P. The molecule has 0 saturated carbocycles. The molecule has 0 aromatic rings. The van der Waals surface area contributed by atoms with Crippen LogP contribution in [-0.4, -0.2) is 36.6 Å². The molecular weight excluding hydrogens is 378 g/mol. The molecule has 6 heteroatoms. The molecule has 0 heterocycles. The van der Waals surface area contributed by atoms with Crippen LogP contribution in [0.4, 0.5) is 4.53 Å². The summed E-state index contributed by atoms with van der Waals surface area (Å²) in [5.74, 6) is -0.990. The Hall–Kier alpha value is -0.700. The number of hydrogen-bond acceptors (Lipinski definition) is 4. The normalized spacial score (nSPS) is 13.0. The van der Waals surface area contributed by atoms with Crippen molar-refractivity contribution in [3.63, 3.8) is 0 Å². The van der Waals surface area contributed by atoms with Crippen LogP contribution >= 0.6 is 6.83 Å². The summed E-state index contributed by atoms with van der Waals surface area (Å²) in [7, 11) is 0. The molecule has 0 rings (SSSR count). The minimum absolute atomic E-state index is 0.00468. The molecule has 0 aliphatic rings. The number of unbranched alkanes of at least 4 members (excludes halogenated alkanes) is 5. The summed E-state index contributed by atoms with van der Waals surface area (Å²) >= 11 is 0. The maximum atomic E-state index is 12.9. The Morgan fingerprint density at radius 3 is 1.32 bits per heavy atom. The molecule has 0 bridgehead atoms. The van der Waals surface area contributed by atoms with Gasteiger partial charge < -0.3 is 0 Å². The van der Waals surface area contributed by atoms with E-state index in [9.17, 15) is 14.1 Å². The molecule has 0 radical (unpaired) electrons. The SMILES string of the molecule is CCCCP(CCCC)(CCCC)(CCCC)OC(=O)CCCCC(=O)OF. The fourth-order valence-electron chi connectivity index (χ4n) is 4.00. The third kappa shape index (κ3) is 10.2. The first-order valence-corrected chi connectivity index (χ1v) is 14.3. The average molecular weight is 423 g/mol. The third-order valence-corrected chi connectivity index (χ3v) is 12.3. The van der Waals surface area contributed by atoms with Gasteiger partial charge in [-0.3, -0.25) is 0 Å². The predicted octanol–water partition coefficient (Wildman–Crippen LogP) is 7.19. The topological polar surface area (TPSA) is 52.6 Å². The number of hydrogen-bond donors (Lipinski definition) is 0. The van der Waals surface area contributed by atoms with E-state index < -0.39 is 12.8 Å². The molecule has 168 valence electrons. The van der Waals surface area contributed by atoms with Crippen molar-refractivity contribution in [1.29, 1.82) is 0 Å². The van der Waals surface area contributed by atoms with Crippen LogP contribution in [0, 0.1) is 0 Å². The zero-order chi connectivity index (χ0) is 21.3. The first kappa shape index (κ1) is 27.3. The van der Waals surface area contributed by atoms with E-state index in [4.69, 9.17) is 4.52 Å². The van der Waals surface area contributed by atoms with Crippen LogP contribution in [0.1, 0.15) is 105 Å². The van der Waals surface area contributed by atoms with E-state index in [-0.39, 0.29) is 12.4 Å². The van der Waals surface area contributed by atoms with Crippen molar-refractivity contribution in [3.05, 3.63) is 0 Å². The molecule has 0 aromatic heterocycles. The molecule has 28 heavy (non-hydrogen) atoms. The van der Waals surface area contributed by atoms with Crippen molar-refractivity contribution in [2.75, 3.05) is 24.6 Å². The van der Waals surface area contributed by atoms with Crippen LogP contribution in [-0.2, 0) is 19.1 Å². The van der Waals surface area contributed by atoms with E-state index in [0.29, 0.717) is 19.3 Å². The van der Waals surface area contributed by atoms with Crippen molar-refractivity contribution in [2.24, 2.45) is 0 Å². The van der Waals surface area contributed by atoms with Crippen molar-refractivity contribution in [1.82, 2.24) is 0 Å². The van der Waals surface area contributed by atoms with Gasteiger partial charge in [0.1, 0.15) is 0 Å². The van der Waals surface area contributed by atoms with E-state index in [1.165, 1.54) is 0 Å². The predicted molar refractivity (Wildman–Crippen MR) is 118 cm³/mol. The van der Waals surface area contributed by atoms with Gasteiger partial charge in [-0.25, -0.2) is 0 Å². The van der Waals surface area contributed by atoms with E-state index in [2.05, 4.69) is 32.6 Å². The van der Waals surface area contributed by atoms with Gasteiger partial charge in [0.2, 0.25) is 0 Å². The van der Waals surface area contributed by atoms with Gasteiger partial charge in [0.15, 0.2) is 0 Å². The Kier molecular flexibility index (Phi) is 14.8. The van der Waals surface area contributed by atoms with Gasteiger partial charge in [0, 0.05) is 0 Å². The molecule has 4 nitrogen and oxygen atoms in total. The Morgan fingerprint density at radius 2 is 1.00 bits per heavy atom. The van der Waals surface area contributed by atoms with Crippen LogP contribution in [0.2, 0.25) is 0 Å². The standard InChI is InChI=1S/C22H44FO4P/c1-5-9-17-28(18-10-6-2,19-11-7-3,20-12-8-4)27-22(25)16-14-13-15-21(24)26-23/h5-20H2,1-4H3. The molecule has 0 saturated heterocycles. The van der Waals surface area contributed by atoms with Gasteiger partial charge in [-0.1, -0.05) is 0 Å². The van der Waals surface area contributed by atoms with E-state index in [1.54, 1.807) is 0 Å². The van der Waals surface area contributed by atoms with Crippen LogP contribution in [0.5, 0.6) is 0 Å². The second-order valence-corrected chi connectivity index (χ2v) is 14.0. The summed E-state index contributed by atoms with van der Waals surface area (Å²) in [5, 5.41) is 0. The summed E-state index contributed by atoms with van der Waals surface area (Å²) in [5.41, 5.74) is 0. The minimum atomic E-state index is -2.58. The molecule has 0 N–H and O–H groups in total. The average Bonchev–Trinajstić information content (AvgIpc) is 2.71. The van der Waals surface area contributed by atoms with Crippen molar-refractivity contribution >= 4 is 18.8 Å². The van der Waals surface area contributed by atoms with Gasteiger partial charge in [-0.05, 0) is 0 Å². The van der Waals surface area contributed by atoms with E-state index >= 15 is 0 Å². The monoisotopic (exact) mass is 422 g/mol. The number of carbonyl (C=O) groups excluding carboxylic acids is 2. The molecule has 0 aliphatic carbocycles. The molecule has 0 atom stereocenters. The fourth-order valence-corrected chi connectivity index (χ4v) is 10.8. The molecule has 0 amide bonds. The zero-order valence-electron chi connectivity index (χ0n) is 18.8. The van der Waals surface area contributed by atoms with Crippen LogP contribution in [0.25, 0.3) is 0 Å². The number of halogens is 1. The van der Waals surface area contributed by atoms with Crippen molar-refractivity contribution in [2.45, 2.75) is 105 Å². The first-order chi connectivity index (χ1) is 13.4. The summed E-state index contributed by atoms with van der Waals surface area (Å²) in [6.45, 7) is 6.24. The van der Waals surface area contributed by atoms with Crippen LogP contribution in [0.15, 0.2) is 0 Å². The molecule has 0 spiro atoms. The summed E-state index contributed by atoms with van der Waals surface area (Å²) in [6.07, 6.45) is 14.4. The Morgan fingerprint density at radius 1 is 0.643 bits per heavy atom. The molecule has 0 unspecified atom stereocenters. The molecule has 0 aliphatic heterocycles. The first-order valence-electron chi connectivity index (χ1n) is 11.5. The Balaban J connectivity index is 5.36. The van der Waals surface area contributed by atoms with E-state index in [0.717, 1.165) is 76.0 Å². The molecule has 0 fully saturated rings. The molecule has 0 aromatic carbocycles. The Labute approximate surface area is 172 Å². The second kappa shape index (κ2) is 15.2. The summed E-state index contributed by atoms with van der Waals surface area (Å²) < 4.78 is 18.4. The van der Waals surface area contributed by atoms with Gasteiger partial charge in [0.25, 0.3) is 0 Å². The fraction of sp³-hybridized carbons (Fsp3) is 0.909. The summed E-state index contributed by atoms with van der Waals surface area (Å²) in [4.78, 5) is 26.9. The third-order valence-electron chi connectivity index (χ3n) is 5.77. The zero-order valence-corrected chi connectivity index (χ0v) is 19.7. The quantitative estimate of drug-likeness (QED) is 0.173. The van der Waals surface area contributed by atoms with Crippen molar-refractivity contribution in [3.8, 4) is 0 Å². The van der Waals surface area contributed by atoms with Crippen LogP contribution < -0.4 is 0 Å². The summed E-state index contributed by atoms with van der Waals surface area (Å²) in [6, 6.07) is 0. The van der Waals surface area contributed by atoms with Gasteiger partial charge >= 0.3 is 172 Å². The number of rotatable bonds is 18. The van der Waals surface area contributed by atoms with Gasteiger partial charge in [0.05, 0.1) is 0 Å². The second-order valence-electron chi connectivity index (χ2n) is 8.29.